The Labute approximate surface area is 275 Å². The lowest BCUT2D eigenvalue weighted by Gasteiger charge is -2.13. The van der Waals surface area contributed by atoms with Crippen molar-refractivity contribution in [1.82, 2.24) is 0 Å². The lowest BCUT2D eigenvalue weighted by atomic mass is 10.1. The van der Waals surface area contributed by atoms with Crippen LogP contribution in [0.2, 0.25) is 0 Å². The molecule has 0 aliphatic carbocycles. The third-order valence-electron chi connectivity index (χ3n) is 6.22. The minimum Gasteiger partial charge on any atom is -0.505 e. The highest BCUT2D eigenvalue weighted by atomic mass is 32.2. The monoisotopic (exact) mass is 782 g/mol. The van der Waals surface area contributed by atoms with Gasteiger partial charge in [-0.05, 0) is 60.3 Å². The summed E-state index contributed by atoms with van der Waals surface area (Å²) in [4.78, 5) is -5.68. The van der Waals surface area contributed by atoms with Crippen molar-refractivity contribution in [1.29, 1.82) is 0 Å². The highest BCUT2D eigenvalue weighted by Gasteiger charge is 2.29. The van der Waals surface area contributed by atoms with Crippen molar-refractivity contribution in [2.45, 2.75) is 31.4 Å². The van der Waals surface area contributed by atoms with Gasteiger partial charge in [-0.1, -0.05) is 6.07 Å². The van der Waals surface area contributed by atoms with Crippen LogP contribution in [0.1, 0.15) is 5.56 Å². The summed E-state index contributed by atoms with van der Waals surface area (Å²) in [5.41, 5.74) is -3.90. The molecular formula is C23H18N4O17S5. The van der Waals surface area contributed by atoms with Crippen LogP contribution in [0.15, 0.2) is 93.5 Å². The van der Waals surface area contributed by atoms with E-state index in [4.69, 9.17) is 0 Å². The highest BCUT2D eigenvalue weighted by molar-refractivity contribution is 7.87. The van der Waals surface area contributed by atoms with E-state index < -0.39 is 120 Å². The van der Waals surface area contributed by atoms with Gasteiger partial charge in [-0.15, -0.1) is 20.5 Å². The standard InChI is InChI=1S/C23H18N4O17S5/c1-10-2-4-13(16(6-10)47(36,37)38)24-26-20-17(48(39,40)41)7-11-8-18(49(42,43)44)21(23(29)19(11)22(20)28)27-25-14-9-12(45(30,31)32)3-5-15(14)46(33,34)35/h2-9,28-29H,1H3,(H,30,31,32)(H,33,34,35)(H,36,37,38)(H,39,40,41)(H,42,43,44). The Hall–Kier alpha value is -4.51. The van der Waals surface area contributed by atoms with Gasteiger partial charge < -0.3 is 10.2 Å². The molecule has 49 heavy (non-hydrogen) atoms. The molecule has 0 radical (unpaired) electrons. The van der Waals surface area contributed by atoms with E-state index in [1.165, 1.54) is 13.0 Å². The molecule has 0 bridgehead atoms. The van der Waals surface area contributed by atoms with Crippen LogP contribution in [0.25, 0.3) is 10.8 Å². The first kappa shape index (κ1) is 37.3. The second-order valence-corrected chi connectivity index (χ2v) is 16.6. The number of aryl methyl sites for hydroxylation is 1. The summed E-state index contributed by atoms with van der Waals surface area (Å²) >= 11 is 0. The first-order valence-electron chi connectivity index (χ1n) is 12.2. The van der Waals surface area contributed by atoms with Crippen molar-refractivity contribution in [3.05, 3.63) is 54.1 Å². The number of nitrogens with zero attached hydrogens (tertiary/aromatic N) is 4. The first-order chi connectivity index (χ1) is 22.2. The van der Waals surface area contributed by atoms with E-state index in [0.717, 1.165) is 12.1 Å². The molecule has 0 saturated carbocycles. The number of rotatable bonds is 9. The minimum atomic E-state index is -5.49. The highest BCUT2D eigenvalue weighted by Crippen LogP contribution is 2.50. The Morgan fingerprint density at radius 1 is 0.469 bits per heavy atom. The SMILES string of the molecule is Cc1ccc(N=Nc2c(S(=O)(=O)O)cc3cc(S(=O)(=O)O)c(N=Nc4cc(S(=O)(=O)O)ccc4S(=O)(=O)O)c(O)c3c2O)c(S(=O)(=O)O)c1. The number of hydrogen-bond acceptors (Lipinski definition) is 16. The summed E-state index contributed by atoms with van der Waals surface area (Å²) in [7, 11) is -26.1. The van der Waals surface area contributed by atoms with Crippen LogP contribution < -0.4 is 0 Å². The Balaban J connectivity index is 2.10. The molecule has 262 valence electrons. The fraction of sp³-hybridized carbons (Fsp3) is 0.0435. The molecule has 4 rings (SSSR count). The topological polar surface area (TPSA) is 362 Å². The molecule has 0 saturated heterocycles. The van der Waals surface area contributed by atoms with Crippen LogP contribution in [-0.4, -0.2) is 75.1 Å². The summed E-state index contributed by atoms with van der Waals surface area (Å²) in [6.45, 7) is 1.44. The summed E-state index contributed by atoms with van der Waals surface area (Å²) in [6, 6.07) is 5.43. The maximum Gasteiger partial charge on any atom is 0.296 e. The van der Waals surface area contributed by atoms with Gasteiger partial charge in [0, 0.05) is 0 Å². The van der Waals surface area contributed by atoms with Gasteiger partial charge in [-0.3, -0.25) is 22.8 Å². The molecule has 26 heteroatoms. The summed E-state index contributed by atoms with van der Waals surface area (Å²) in [6.07, 6.45) is 0. The zero-order valence-corrected chi connectivity index (χ0v) is 27.7. The number of phenolic OH excluding ortho intramolecular Hbond substituents is 2. The van der Waals surface area contributed by atoms with Crippen LogP contribution in [0.4, 0.5) is 22.7 Å². The smallest absolute Gasteiger partial charge is 0.296 e. The van der Waals surface area contributed by atoms with E-state index in [-0.39, 0.29) is 0 Å². The van der Waals surface area contributed by atoms with Gasteiger partial charge in [0.2, 0.25) is 0 Å². The summed E-state index contributed by atoms with van der Waals surface area (Å²) in [5.74, 6) is -2.87. The van der Waals surface area contributed by atoms with Crippen LogP contribution in [0.5, 0.6) is 11.5 Å². The molecule has 0 aliphatic heterocycles. The Bertz CT molecular complexity index is 2710. The van der Waals surface area contributed by atoms with E-state index in [1.54, 1.807) is 0 Å². The summed E-state index contributed by atoms with van der Waals surface area (Å²) < 4.78 is 168. The molecule has 0 fully saturated rings. The van der Waals surface area contributed by atoms with Crippen molar-refractivity contribution in [2.24, 2.45) is 20.5 Å². The van der Waals surface area contributed by atoms with Crippen LogP contribution in [-0.2, 0) is 50.6 Å². The van der Waals surface area contributed by atoms with E-state index in [9.17, 15) is 75.1 Å². The predicted octanol–water partition coefficient (Wildman–Crippen LogP) is 3.62. The molecule has 0 aliphatic rings. The van der Waals surface area contributed by atoms with E-state index >= 15 is 0 Å². The quantitative estimate of drug-likeness (QED) is 0.0941. The Kier molecular flexibility index (Phi) is 9.46. The molecule has 0 spiro atoms. The lowest BCUT2D eigenvalue weighted by Crippen LogP contribution is -2.02. The van der Waals surface area contributed by atoms with E-state index in [0.29, 0.717) is 35.9 Å². The van der Waals surface area contributed by atoms with Crippen molar-refractivity contribution in [2.75, 3.05) is 0 Å². The fourth-order valence-corrected chi connectivity index (χ4v) is 7.25. The molecular weight excluding hydrogens is 765 g/mol. The van der Waals surface area contributed by atoms with Crippen molar-refractivity contribution in [3.8, 4) is 11.5 Å². The number of aromatic hydroxyl groups is 2. The fourth-order valence-electron chi connectivity index (χ4n) is 4.12. The van der Waals surface area contributed by atoms with Gasteiger partial charge in [-0.25, -0.2) is 0 Å². The second-order valence-electron chi connectivity index (χ2n) is 9.62. The molecule has 4 aromatic carbocycles. The molecule has 0 atom stereocenters. The third kappa shape index (κ3) is 7.88. The second kappa shape index (κ2) is 12.4. The predicted molar refractivity (Wildman–Crippen MR) is 162 cm³/mol. The molecule has 0 amide bonds. The maximum atomic E-state index is 12.3. The van der Waals surface area contributed by atoms with Gasteiger partial charge in [0.25, 0.3) is 50.6 Å². The van der Waals surface area contributed by atoms with Gasteiger partial charge >= 0.3 is 0 Å². The van der Waals surface area contributed by atoms with Crippen molar-refractivity contribution >= 4 is 84.1 Å². The number of hydrogen-bond donors (Lipinski definition) is 7. The Morgan fingerprint density at radius 3 is 1.35 bits per heavy atom. The molecule has 0 aromatic heterocycles. The minimum absolute atomic E-state index is 0.313. The van der Waals surface area contributed by atoms with Crippen molar-refractivity contribution in [3.63, 3.8) is 0 Å². The van der Waals surface area contributed by atoms with Crippen LogP contribution in [0, 0.1) is 6.92 Å². The average molecular weight is 783 g/mol. The number of benzene rings is 4. The van der Waals surface area contributed by atoms with Crippen LogP contribution in [0.3, 0.4) is 0 Å². The Morgan fingerprint density at radius 2 is 0.918 bits per heavy atom. The number of azo groups is 2. The largest absolute Gasteiger partial charge is 0.505 e. The van der Waals surface area contributed by atoms with Gasteiger partial charge in [0.15, 0.2) is 11.5 Å². The normalized spacial score (nSPS) is 13.5. The molecule has 0 unspecified atom stereocenters. The van der Waals surface area contributed by atoms with E-state index in [1.807, 2.05) is 0 Å². The third-order valence-corrected chi connectivity index (χ3v) is 10.6. The molecule has 4 aromatic rings. The zero-order chi connectivity index (χ0) is 37.1. The molecule has 7 N–H and O–H groups in total. The maximum absolute atomic E-state index is 12.3. The molecule has 21 nitrogen and oxygen atoms in total. The van der Waals surface area contributed by atoms with Crippen molar-refractivity contribution < 1.29 is 75.1 Å². The molecule has 0 heterocycles. The van der Waals surface area contributed by atoms with Crippen LogP contribution >= 0.6 is 0 Å². The zero-order valence-electron chi connectivity index (χ0n) is 23.7. The van der Waals surface area contributed by atoms with Gasteiger partial charge in [0.05, 0.1) is 10.3 Å². The first-order valence-corrected chi connectivity index (χ1v) is 19.4. The van der Waals surface area contributed by atoms with E-state index in [2.05, 4.69) is 20.5 Å². The van der Waals surface area contributed by atoms with Gasteiger partial charge in [-0.2, -0.15) is 42.1 Å². The number of phenols is 2. The lowest BCUT2D eigenvalue weighted by molar-refractivity contribution is 0.458. The average Bonchev–Trinajstić information content (AvgIpc) is 2.93. The van der Waals surface area contributed by atoms with Gasteiger partial charge in [0.1, 0.15) is 42.3 Å². The summed E-state index contributed by atoms with van der Waals surface area (Å²) in [5, 5.41) is 34.0. The number of fused-ring (bicyclic) bond motifs is 1.